The number of carbonyl (C=O) groups excluding carboxylic acids is 1. The summed E-state index contributed by atoms with van der Waals surface area (Å²) in [5.74, 6) is 1.38. The lowest BCUT2D eigenvalue weighted by Gasteiger charge is -2.14. The van der Waals surface area contributed by atoms with Crippen molar-refractivity contribution in [1.82, 2.24) is 4.90 Å². The van der Waals surface area contributed by atoms with Gasteiger partial charge < -0.3 is 9.47 Å². The van der Waals surface area contributed by atoms with Gasteiger partial charge in [0.05, 0.1) is 23.9 Å². The number of amides is 1. The molecule has 114 valence electrons. The number of methoxy groups -OCH3 is 2. The Balaban J connectivity index is 2.23. The maximum atomic E-state index is 12.3. The summed E-state index contributed by atoms with van der Waals surface area (Å²) in [6.07, 6.45) is 0.610. The van der Waals surface area contributed by atoms with Crippen LogP contribution < -0.4 is 9.47 Å². The van der Waals surface area contributed by atoms with Gasteiger partial charge in [-0.25, -0.2) is 0 Å². The van der Waals surface area contributed by atoms with E-state index in [1.54, 1.807) is 19.1 Å². The van der Waals surface area contributed by atoms with E-state index in [-0.39, 0.29) is 11.2 Å². The van der Waals surface area contributed by atoms with Gasteiger partial charge in [-0.05, 0) is 47.0 Å². The molecule has 1 aliphatic heterocycles. The molecule has 1 atom stereocenters. The quantitative estimate of drug-likeness (QED) is 0.722. The Morgan fingerprint density at radius 3 is 2.62 bits per heavy atom. The highest BCUT2D eigenvalue weighted by Crippen LogP contribution is 2.38. The molecule has 0 aromatic heterocycles. The molecule has 0 spiro atoms. The molecule has 0 aliphatic carbocycles. The van der Waals surface area contributed by atoms with Crippen LogP contribution in [0.4, 0.5) is 0 Å². The summed E-state index contributed by atoms with van der Waals surface area (Å²) in [5.41, 5.74) is 1.01. The number of hydrogen-bond acceptors (Lipinski definition) is 5. The maximum Gasteiger partial charge on any atom is 0.241 e. The molecule has 7 heteroatoms. The SMILES string of the molecule is CCN1C(=O)[C@H](Cc2cc(Br)c(OC)c(OC)c2)SC1=S. The molecular weight excluding hydrogens is 374 g/mol. The van der Waals surface area contributed by atoms with Crippen molar-refractivity contribution in [2.75, 3.05) is 20.8 Å². The van der Waals surface area contributed by atoms with E-state index in [4.69, 9.17) is 21.7 Å². The van der Waals surface area contributed by atoms with Crippen molar-refractivity contribution in [2.24, 2.45) is 0 Å². The average Bonchev–Trinajstić information content (AvgIpc) is 2.72. The minimum absolute atomic E-state index is 0.0819. The summed E-state index contributed by atoms with van der Waals surface area (Å²) in [6, 6.07) is 3.85. The molecule has 0 bridgehead atoms. The largest absolute Gasteiger partial charge is 0.493 e. The van der Waals surface area contributed by atoms with Gasteiger partial charge in [0.25, 0.3) is 0 Å². The van der Waals surface area contributed by atoms with Crippen molar-refractivity contribution >= 4 is 50.1 Å². The zero-order valence-electron chi connectivity index (χ0n) is 12.0. The van der Waals surface area contributed by atoms with Gasteiger partial charge in [-0.15, -0.1) is 0 Å². The molecule has 21 heavy (non-hydrogen) atoms. The minimum Gasteiger partial charge on any atom is -0.493 e. The van der Waals surface area contributed by atoms with Crippen LogP contribution in [0.25, 0.3) is 0 Å². The second-order valence-corrected chi connectivity index (χ2v) is 7.16. The predicted octanol–water partition coefficient (Wildman–Crippen LogP) is 3.26. The fourth-order valence-corrected chi connectivity index (χ4v) is 4.53. The van der Waals surface area contributed by atoms with E-state index < -0.39 is 0 Å². The van der Waals surface area contributed by atoms with Crippen molar-refractivity contribution in [3.63, 3.8) is 0 Å². The molecule has 0 radical (unpaired) electrons. The molecule has 0 N–H and O–H groups in total. The van der Waals surface area contributed by atoms with Crippen LogP contribution in [0.3, 0.4) is 0 Å². The molecule has 1 amide bonds. The molecule has 1 fully saturated rings. The zero-order valence-corrected chi connectivity index (χ0v) is 15.2. The smallest absolute Gasteiger partial charge is 0.241 e. The molecule has 4 nitrogen and oxygen atoms in total. The summed E-state index contributed by atoms with van der Waals surface area (Å²) in [7, 11) is 3.19. The van der Waals surface area contributed by atoms with E-state index in [2.05, 4.69) is 15.9 Å². The molecule has 1 aromatic carbocycles. The van der Waals surface area contributed by atoms with E-state index in [9.17, 15) is 4.79 Å². The van der Waals surface area contributed by atoms with E-state index >= 15 is 0 Å². The lowest BCUT2D eigenvalue weighted by molar-refractivity contribution is -0.125. The Morgan fingerprint density at radius 2 is 2.10 bits per heavy atom. The topological polar surface area (TPSA) is 38.8 Å². The Bertz CT molecular complexity index is 580. The predicted molar refractivity (Wildman–Crippen MR) is 92.3 cm³/mol. The van der Waals surface area contributed by atoms with Gasteiger partial charge in [-0.1, -0.05) is 24.0 Å². The van der Waals surface area contributed by atoms with Crippen molar-refractivity contribution in [3.05, 3.63) is 22.2 Å². The van der Waals surface area contributed by atoms with E-state index in [0.29, 0.717) is 28.8 Å². The van der Waals surface area contributed by atoms with Crippen molar-refractivity contribution in [3.8, 4) is 11.5 Å². The number of halogens is 1. The van der Waals surface area contributed by atoms with Crippen molar-refractivity contribution < 1.29 is 14.3 Å². The maximum absolute atomic E-state index is 12.3. The van der Waals surface area contributed by atoms with Crippen molar-refractivity contribution in [1.29, 1.82) is 0 Å². The van der Waals surface area contributed by atoms with Crippen LogP contribution in [0.15, 0.2) is 16.6 Å². The van der Waals surface area contributed by atoms with Gasteiger partial charge in [0.1, 0.15) is 4.32 Å². The van der Waals surface area contributed by atoms with Gasteiger partial charge in [-0.2, -0.15) is 0 Å². The third-order valence-electron chi connectivity index (χ3n) is 3.24. The number of nitrogens with zero attached hydrogens (tertiary/aromatic N) is 1. The average molecular weight is 390 g/mol. The zero-order chi connectivity index (χ0) is 15.6. The van der Waals surface area contributed by atoms with E-state index in [1.807, 2.05) is 19.1 Å². The second kappa shape index (κ2) is 6.98. The molecule has 1 heterocycles. The van der Waals surface area contributed by atoms with Crippen LogP contribution in [-0.4, -0.2) is 41.1 Å². The van der Waals surface area contributed by atoms with E-state index in [0.717, 1.165) is 10.0 Å². The summed E-state index contributed by atoms with van der Waals surface area (Å²) in [5, 5.41) is -0.164. The van der Waals surface area contributed by atoms with Crippen LogP contribution in [0, 0.1) is 0 Å². The number of carbonyl (C=O) groups is 1. The van der Waals surface area contributed by atoms with Crippen LogP contribution in [0.1, 0.15) is 12.5 Å². The first-order valence-electron chi connectivity index (χ1n) is 6.44. The van der Waals surface area contributed by atoms with Gasteiger partial charge in [0.2, 0.25) is 5.91 Å². The minimum atomic E-state index is -0.164. The molecule has 1 aromatic rings. The summed E-state index contributed by atoms with van der Waals surface area (Å²) in [4.78, 5) is 13.9. The molecular formula is C14H16BrNO3S2. The van der Waals surface area contributed by atoms with Crippen LogP contribution >= 0.6 is 39.9 Å². The third-order valence-corrected chi connectivity index (χ3v) is 5.41. The summed E-state index contributed by atoms with van der Waals surface area (Å²) in [6.45, 7) is 2.55. The highest BCUT2D eigenvalue weighted by atomic mass is 79.9. The highest BCUT2D eigenvalue weighted by Gasteiger charge is 2.35. The molecule has 1 aliphatic rings. The standard InChI is InChI=1S/C14H16BrNO3S2/c1-4-16-13(17)11(21-14(16)20)7-8-5-9(15)12(19-3)10(6-8)18-2/h5-6,11H,4,7H2,1-3H3/t11-/m0/s1. The first-order valence-corrected chi connectivity index (χ1v) is 8.52. The first-order chi connectivity index (χ1) is 10.0. The van der Waals surface area contributed by atoms with E-state index in [1.165, 1.54) is 11.8 Å². The number of ether oxygens (including phenoxy) is 2. The van der Waals surface area contributed by atoms with Gasteiger partial charge in [0, 0.05) is 6.54 Å². The fraction of sp³-hybridized carbons (Fsp3) is 0.429. The second-order valence-electron chi connectivity index (χ2n) is 4.47. The van der Waals surface area contributed by atoms with Crippen molar-refractivity contribution in [2.45, 2.75) is 18.6 Å². The Labute approximate surface area is 142 Å². The molecule has 1 saturated heterocycles. The monoisotopic (exact) mass is 389 g/mol. The summed E-state index contributed by atoms with van der Waals surface area (Å²) < 4.78 is 12.1. The Kier molecular flexibility index (Phi) is 5.51. The molecule has 0 saturated carbocycles. The Morgan fingerprint density at radius 1 is 1.38 bits per heavy atom. The number of benzene rings is 1. The fourth-order valence-electron chi connectivity index (χ4n) is 2.22. The highest BCUT2D eigenvalue weighted by molar-refractivity contribution is 9.10. The first kappa shape index (κ1) is 16.6. The summed E-state index contributed by atoms with van der Waals surface area (Å²) >= 11 is 10.2. The van der Waals surface area contributed by atoms with Crippen LogP contribution in [0.5, 0.6) is 11.5 Å². The third kappa shape index (κ3) is 3.35. The number of rotatable bonds is 5. The van der Waals surface area contributed by atoms with Crippen LogP contribution in [-0.2, 0) is 11.2 Å². The van der Waals surface area contributed by atoms with Gasteiger partial charge in [0.15, 0.2) is 11.5 Å². The molecule has 2 rings (SSSR count). The normalized spacial score (nSPS) is 18.3. The van der Waals surface area contributed by atoms with Gasteiger partial charge in [-0.3, -0.25) is 9.69 Å². The number of thiocarbonyl (C=S) groups is 1. The number of thioether (sulfide) groups is 1. The Hall–Kier alpha value is -0.790. The molecule has 0 unspecified atom stereocenters. The number of hydrogen-bond donors (Lipinski definition) is 0. The lowest BCUT2D eigenvalue weighted by atomic mass is 10.1. The van der Waals surface area contributed by atoms with Crippen LogP contribution in [0.2, 0.25) is 0 Å². The van der Waals surface area contributed by atoms with Gasteiger partial charge >= 0.3 is 0 Å². The lowest BCUT2D eigenvalue weighted by Crippen LogP contribution is -2.31.